The first-order valence-electron chi connectivity index (χ1n) is 7.35. The number of nitrogens with zero attached hydrogens (tertiary/aromatic N) is 3. The molecule has 1 aromatic rings. The van der Waals surface area contributed by atoms with Gasteiger partial charge in [0.05, 0.1) is 6.54 Å². The number of aliphatic hydroxyl groups is 1. The number of hydrogen-bond donors (Lipinski definition) is 2. The molecule has 0 amide bonds. The van der Waals surface area contributed by atoms with E-state index in [1.807, 2.05) is 16.3 Å². The molecule has 0 aromatic carbocycles. The molecule has 24 heavy (non-hydrogen) atoms. The van der Waals surface area contributed by atoms with E-state index in [0.29, 0.717) is 19.0 Å². The molecule has 1 aliphatic rings. The Morgan fingerprint density at radius 2 is 2.04 bits per heavy atom. The van der Waals surface area contributed by atoms with E-state index in [9.17, 15) is 13.2 Å². The van der Waals surface area contributed by atoms with E-state index in [-0.39, 0.29) is 24.0 Å². The molecule has 10 heteroatoms. The van der Waals surface area contributed by atoms with Crippen LogP contribution in [0.2, 0.25) is 0 Å². The Bertz CT molecular complexity index is 505. The topological polar surface area (TPSA) is 51.1 Å². The molecule has 1 aliphatic heterocycles. The molecule has 1 unspecified atom stereocenters. The number of halogens is 4. The lowest BCUT2D eigenvalue weighted by atomic mass is 10.3. The van der Waals surface area contributed by atoms with Gasteiger partial charge in [-0.25, -0.2) is 0 Å². The highest BCUT2D eigenvalue weighted by Gasteiger charge is 2.38. The molecule has 0 bridgehead atoms. The number of alkyl halides is 3. The molecule has 0 aliphatic carbocycles. The van der Waals surface area contributed by atoms with Crippen LogP contribution < -0.4 is 5.32 Å². The van der Waals surface area contributed by atoms with Crippen LogP contribution in [0, 0.1) is 0 Å². The number of guanidine groups is 1. The summed E-state index contributed by atoms with van der Waals surface area (Å²) in [7, 11) is 1.53. The van der Waals surface area contributed by atoms with Crippen molar-refractivity contribution in [3.63, 3.8) is 0 Å². The molecule has 2 rings (SSSR count). The van der Waals surface area contributed by atoms with Crippen molar-refractivity contribution in [1.29, 1.82) is 0 Å². The third-order valence-electron chi connectivity index (χ3n) is 3.67. The zero-order chi connectivity index (χ0) is 16.9. The number of aliphatic imine (C=N–C) groups is 1. The first kappa shape index (κ1) is 21.5. The monoisotopic (exact) mass is 478 g/mol. The second-order valence-corrected chi connectivity index (χ2v) is 6.36. The molecule has 1 fully saturated rings. The molecule has 0 saturated carbocycles. The molecule has 1 saturated heterocycles. The van der Waals surface area contributed by atoms with Crippen molar-refractivity contribution in [2.45, 2.75) is 18.8 Å². The van der Waals surface area contributed by atoms with Crippen molar-refractivity contribution in [2.75, 3.05) is 39.8 Å². The molecule has 138 valence electrons. The number of piperazine rings is 1. The van der Waals surface area contributed by atoms with Gasteiger partial charge in [-0.1, -0.05) is 6.07 Å². The number of hydrogen-bond acceptors (Lipinski definition) is 4. The highest BCUT2D eigenvalue weighted by atomic mass is 127. The van der Waals surface area contributed by atoms with Gasteiger partial charge in [-0.05, 0) is 11.4 Å². The van der Waals surface area contributed by atoms with Crippen molar-refractivity contribution in [1.82, 2.24) is 15.1 Å². The Kier molecular flexibility index (Phi) is 8.74. The van der Waals surface area contributed by atoms with Crippen molar-refractivity contribution in [3.05, 3.63) is 22.4 Å². The minimum atomic E-state index is -4.62. The van der Waals surface area contributed by atoms with Crippen molar-refractivity contribution < 1.29 is 18.3 Å². The van der Waals surface area contributed by atoms with Crippen LogP contribution in [0.1, 0.15) is 4.88 Å². The number of aliphatic hydroxyl groups excluding tert-OH is 1. The van der Waals surface area contributed by atoms with E-state index in [1.54, 1.807) is 11.3 Å². The summed E-state index contributed by atoms with van der Waals surface area (Å²) in [5.41, 5.74) is 0. The average Bonchev–Trinajstić information content (AvgIpc) is 3.01. The molecule has 1 aromatic heterocycles. The predicted octanol–water partition coefficient (Wildman–Crippen LogP) is 1.98. The van der Waals surface area contributed by atoms with Gasteiger partial charge < -0.3 is 15.3 Å². The summed E-state index contributed by atoms with van der Waals surface area (Å²) in [5.74, 6) is 0.393. The van der Waals surface area contributed by atoms with Crippen LogP contribution in [-0.4, -0.2) is 72.9 Å². The lowest BCUT2D eigenvalue weighted by Crippen LogP contribution is -2.53. The third kappa shape index (κ3) is 6.37. The second kappa shape index (κ2) is 9.78. The fourth-order valence-electron chi connectivity index (χ4n) is 2.38. The van der Waals surface area contributed by atoms with E-state index in [4.69, 9.17) is 5.11 Å². The van der Waals surface area contributed by atoms with E-state index in [1.165, 1.54) is 11.9 Å². The molecule has 0 radical (unpaired) electrons. The summed E-state index contributed by atoms with van der Waals surface area (Å²) in [6.45, 7) is 3.32. The van der Waals surface area contributed by atoms with Crippen LogP contribution in [0.5, 0.6) is 0 Å². The molecule has 0 spiro atoms. The van der Waals surface area contributed by atoms with E-state index in [0.717, 1.165) is 19.6 Å². The Hall–Kier alpha value is -0.590. The van der Waals surface area contributed by atoms with Gasteiger partial charge in [-0.15, -0.1) is 35.3 Å². The van der Waals surface area contributed by atoms with Crippen LogP contribution in [0.15, 0.2) is 22.5 Å². The lowest BCUT2D eigenvalue weighted by Gasteiger charge is -2.36. The number of rotatable bonds is 4. The average molecular weight is 478 g/mol. The number of nitrogens with one attached hydrogen (secondary N) is 1. The van der Waals surface area contributed by atoms with E-state index in [2.05, 4.69) is 21.3 Å². The van der Waals surface area contributed by atoms with Gasteiger partial charge in [0.25, 0.3) is 0 Å². The van der Waals surface area contributed by atoms with Crippen molar-refractivity contribution >= 4 is 41.3 Å². The first-order chi connectivity index (χ1) is 10.9. The van der Waals surface area contributed by atoms with Crippen LogP contribution >= 0.6 is 35.3 Å². The fraction of sp³-hybridized carbons (Fsp3) is 0.643. The molecule has 2 heterocycles. The minimum Gasteiger partial charge on any atom is -0.382 e. The summed E-state index contributed by atoms with van der Waals surface area (Å²) in [6, 6.07) is 4.12. The highest BCUT2D eigenvalue weighted by molar-refractivity contribution is 14.0. The van der Waals surface area contributed by atoms with Gasteiger partial charge in [-0.2, -0.15) is 13.2 Å². The number of thiophene rings is 1. The zero-order valence-electron chi connectivity index (χ0n) is 13.3. The van der Waals surface area contributed by atoms with Gasteiger partial charge in [0.2, 0.25) is 0 Å². The van der Waals surface area contributed by atoms with E-state index < -0.39 is 18.8 Å². The Morgan fingerprint density at radius 3 is 2.54 bits per heavy atom. The van der Waals surface area contributed by atoms with Crippen LogP contribution in [0.3, 0.4) is 0 Å². The second-order valence-electron chi connectivity index (χ2n) is 5.33. The Morgan fingerprint density at radius 1 is 1.38 bits per heavy atom. The third-order valence-corrected chi connectivity index (χ3v) is 4.54. The molecular weight excluding hydrogens is 456 g/mol. The van der Waals surface area contributed by atoms with Crippen LogP contribution in [0.4, 0.5) is 13.2 Å². The maximum atomic E-state index is 12.3. The predicted molar refractivity (Wildman–Crippen MR) is 100 cm³/mol. The smallest absolute Gasteiger partial charge is 0.382 e. The minimum absolute atomic E-state index is 0. The summed E-state index contributed by atoms with van der Waals surface area (Å²) >= 11 is 1.72. The van der Waals surface area contributed by atoms with Crippen LogP contribution in [-0.2, 0) is 6.54 Å². The van der Waals surface area contributed by atoms with Gasteiger partial charge >= 0.3 is 6.18 Å². The van der Waals surface area contributed by atoms with Gasteiger partial charge in [0, 0.05) is 44.6 Å². The fourth-order valence-corrected chi connectivity index (χ4v) is 3.12. The SMILES string of the molecule is CN=C(NCC(O)C(F)(F)F)N1CCN(Cc2cccs2)CC1.I. The maximum Gasteiger partial charge on any atom is 0.416 e. The largest absolute Gasteiger partial charge is 0.416 e. The molecular formula is C14H22F3IN4OS. The summed E-state index contributed by atoms with van der Waals surface area (Å²) in [6.07, 6.45) is -7.01. The van der Waals surface area contributed by atoms with Gasteiger partial charge in [0.1, 0.15) is 0 Å². The molecule has 1 atom stereocenters. The van der Waals surface area contributed by atoms with E-state index >= 15 is 0 Å². The summed E-state index contributed by atoms with van der Waals surface area (Å²) in [4.78, 5) is 9.52. The normalized spacial score (nSPS) is 18.2. The Balaban J connectivity index is 0.00000288. The van der Waals surface area contributed by atoms with Crippen molar-refractivity contribution in [2.24, 2.45) is 4.99 Å². The standard InChI is InChI=1S/C14H21F3N4OS.HI/c1-18-13(19-9-12(22)14(15,16)17)21-6-4-20(5-7-21)10-11-3-2-8-23-11;/h2-3,8,12,22H,4-7,9-10H2,1H3,(H,18,19);1H. The van der Waals surface area contributed by atoms with Gasteiger partial charge in [0.15, 0.2) is 12.1 Å². The lowest BCUT2D eigenvalue weighted by molar-refractivity contribution is -0.201. The maximum absolute atomic E-state index is 12.3. The first-order valence-corrected chi connectivity index (χ1v) is 8.23. The molecule has 2 N–H and O–H groups in total. The Labute approximate surface area is 160 Å². The zero-order valence-corrected chi connectivity index (χ0v) is 16.4. The molecule has 5 nitrogen and oxygen atoms in total. The quantitative estimate of drug-likeness (QED) is 0.395. The van der Waals surface area contributed by atoms with Crippen molar-refractivity contribution in [3.8, 4) is 0 Å². The highest BCUT2D eigenvalue weighted by Crippen LogP contribution is 2.19. The summed E-state index contributed by atoms with van der Waals surface area (Å²) in [5, 5.41) is 13.7. The van der Waals surface area contributed by atoms with Crippen LogP contribution in [0.25, 0.3) is 0 Å². The van der Waals surface area contributed by atoms with Gasteiger partial charge in [-0.3, -0.25) is 9.89 Å². The summed E-state index contributed by atoms with van der Waals surface area (Å²) < 4.78 is 37.0.